The van der Waals surface area contributed by atoms with Crippen molar-refractivity contribution in [2.24, 2.45) is 10.4 Å². The van der Waals surface area contributed by atoms with Crippen molar-refractivity contribution in [1.82, 2.24) is 10.2 Å². The van der Waals surface area contributed by atoms with Crippen LogP contribution >= 0.6 is 0 Å². The van der Waals surface area contributed by atoms with Gasteiger partial charge in [-0.3, -0.25) is 4.99 Å². The van der Waals surface area contributed by atoms with E-state index in [2.05, 4.69) is 68.2 Å². The van der Waals surface area contributed by atoms with Crippen LogP contribution in [0.5, 0.6) is 0 Å². The second-order valence-corrected chi connectivity index (χ2v) is 7.64. The number of nitrogens with zero attached hydrogens (tertiary/aromatic N) is 2. The fourth-order valence-electron chi connectivity index (χ4n) is 3.39. The first-order chi connectivity index (χ1) is 12.0. The Morgan fingerprint density at radius 1 is 1.20 bits per heavy atom. The number of hydrogen-bond acceptors (Lipinski definition) is 2. The van der Waals surface area contributed by atoms with Crippen LogP contribution in [0.25, 0.3) is 0 Å². The molecular formula is C21H35N3O. The topological polar surface area (TPSA) is 36.9 Å². The van der Waals surface area contributed by atoms with Gasteiger partial charge in [-0.15, -0.1) is 0 Å². The van der Waals surface area contributed by atoms with Crippen LogP contribution in [0.4, 0.5) is 0 Å². The summed E-state index contributed by atoms with van der Waals surface area (Å²) in [6.45, 7) is 13.4. The lowest BCUT2D eigenvalue weighted by molar-refractivity contribution is 0.0263. The molecule has 0 amide bonds. The van der Waals surface area contributed by atoms with E-state index in [0.29, 0.717) is 6.10 Å². The number of hydrogen-bond donors (Lipinski definition) is 1. The zero-order valence-corrected chi connectivity index (χ0v) is 16.4. The lowest BCUT2D eigenvalue weighted by atomic mass is 9.86. The summed E-state index contributed by atoms with van der Waals surface area (Å²) in [7, 11) is 0. The standard InChI is InChI=1S/C21H35N3O/c1-5-22-20(24-14-12-19(13-15-24)25-6-2)23-17-21(3,4)16-18-10-8-7-9-11-18/h7-11,19H,5-6,12-17H2,1-4H3,(H,22,23). The van der Waals surface area contributed by atoms with Gasteiger partial charge in [0.2, 0.25) is 0 Å². The van der Waals surface area contributed by atoms with Crippen molar-refractivity contribution in [2.75, 3.05) is 32.8 Å². The number of guanidine groups is 1. The SMILES string of the molecule is CCNC(=NCC(C)(C)Cc1ccccc1)N1CCC(OCC)CC1. The molecule has 1 saturated heterocycles. The maximum atomic E-state index is 5.76. The molecule has 0 atom stereocenters. The van der Waals surface area contributed by atoms with Crippen molar-refractivity contribution in [2.45, 2.75) is 53.1 Å². The quantitative estimate of drug-likeness (QED) is 0.604. The summed E-state index contributed by atoms with van der Waals surface area (Å²) in [6.07, 6.45) is 3.64. The summed E-state index contributed by atoms with van der Waals surface area (Å²) in [4.78, 5) is 7.35. The normalized spacial score (nSPS) is 17.0. The van der Waals surface area contributed by atoms with E-state index in [0.717, 1.165) is 58.0 Å². The van der Waals surface area contributed by atoms with Crippen molar-refractivity contribution in [3.8, 4) is 0 Å². The molecule has 1 aromatic carbocycles. The Hall–Kier alpha value is -1.55. The van der Waals surface area contributed by atoms with Crippen molar-refractivity contribution in [3.63, 3.8) is 0 Å². The molecule has 0 spiro atoms. The number of rotatable bonds is 7. The molecule has 1 aliphatic heterocycles. The van der Waals surface area contributed by atoms with Crippen molar-refractivity contribution < 1.29 is 4.74 Å². The van der Waals surface area contributed by atoms with Gasteiger partial charge in [0.1, 0.15) is 0 Å². The summed E-state index contributed by atoms with van der Waals surface area (Å²) >= 11 is 0. The molecule has 1 aromatic rings. The number of nitrogens with one attached hydrogen (secondary N) is 1. The Morgan fingerprint density at radius 2 is 1.88 bits per heavy atom. The van der Waals surface area contributed by atoms with Crippen LogP contribution < -0.4 is 5.32 Å². The van der Waals surface area contributed by atoms with Crippen LogP contribution in [0, 0.1) is 5.41 Å². The van der Waals surface area contributed by atoms with Gasteiger partial charge in [0.15, 0.2) is 5.96 Å². The maximum absolute atomic E-state index is 5.76. The molecule has 140 valence electrons. The predicted octanol–water partition coefficient (Wildman–Crippen LogP) is 3.72. The number of benzene rings is 1. The number of likely N-dealkylation sites (tertiary alicyclic amines) is 1. The van der Waals surface area contributed by atoms with E-state index in [1.165, 1.54) is 5.56 Å². The minimum Gasteiger partial charge on any atom is -0.378 e. The maximum Gasteiger partial charge on any atom is 0.193 e. The molecule has 1 aliphatic rings. The summed E-state index contributed by atoms with van der Waals surface area (Å²) in [5.74, 6) is 1.05. The Morgan fingerprint density at radius 3 is 2.48 bits per heavy atom. The third kappa shape index (κ3) is 6.69. The number of ether oxygens (including phenoxy) is 1. The molecule has 0 aliphatic carbocycles. The zero-order valence-electron chi connectivity index (χ0n) is 16.4. The van der Waals surface area contributed by atoms with E-state index < -0.39 is 0 Å². The molecule has 0 unspecified atom stereocenters. The highest BCUT2D eigenvalue weighted by molar-refractivity contribution is 5.80. The predicted molar refractivity (Wildman–Crippen MR) is 106 cm³/mol. The minimum atomic E-state index is 0.145. The largest absolute Gasteiger partial charge is 0.378 e. The van der Waals surface area contributed by atoms with Gasteiger partial charge in [0, 0.05) is 32.8 Å². The van der Waals surface area contributed by atoms with E-state index >= 15 is 0 Å². The molecule has 0 saturated carbocycles. The lowest BCUT2D eigenvalue weighted by Gasteiger charge is -2.34. The molecule has 1 N–H and O–H groups in total. The fraction of sp³-hybridized carbons (Fsp3) is 0.667. The summed E-state index contributed by atoms with van der Waals surface area (Å²) in [5, 5.41) is 3.47. The average molecular weight is 346 g/mol. The first-order valence-corrected chi connectivity index (χ1v) is 9.73. The van der Waals surface area contributed by atoms with Gasteiger partial charge in [0.25, 0.3) is 0 Å². The third-order valence-corrected chi connectivity index (χ3v) is 4.66. The summed E-state index contributed by atoms with van der Waals surface area (Å²) < 4.78 is 5.76. The first kappa shape index (κ1) is 19.8. The molecule has 0 radical (unpaired) electrons. The van der Waals surface area contributed by atoms with Crippen LogP contribution in [-0.4, -0.2) is 49.7 Å². The fourth-order valence-corrected chi connectivity index (χ4v) is 3.39. The van der Waals surface area contributed by atoms with Crippen LogP contribution in [0.3, 0.4) is 0 Å². The van der Waals surface area contributed by atoms with Gasteiger partial charge in [-0.05, 0) is 44.1 Å². The van der Waals surface area contributed by atoms with Crippen LogP contribution in [0.15, 0.2) is 35.3 Å². The number of aliphatic imine (C=N–C) groups is 1. The van der Waals surface area contributed by atoms with E-state index in [1.54, 1.807) is 0 Å². The van der Waals surface area contributed by atoms with Gasteiger partial charge in [-0.1, -0.05) is 44.2 Å². The van der Waals surface area contributed by atoms with Crippen molar-refractivity contribution in [1.29, 1.82) is 0 Å². The molecular weight excluding hydrogens is 310 g/mol. The highest BCUT2D eigenvalue weighted by Crippen LogP contribution is 2.22. The van der Waals surface area contributed by atoms with Crippen LogP contribution in [0.2, 0.25) is 0 Å². The van der Waals surface area contributed by atoms with E-state index in [9.17, 15) is 0 Å². The Kier molecular flexibility index (Phi) is 7.76. The smallest absolute Gasteiger partial charge is 0.193 e. The highest BCUT2D eigenvalue weighted by Gasteiger charge is 2.23. The molecule has 0 bridgehead atoms. The van der Waals surface area contributed by atoms with Gasteiger partial charge in [0.05, 0.1) is 6.10 Å². The zero-order chi connectivity index (χ0) is 18.1. The molecule has 1 fully saturated rings. The monoisotopic (exact) mass is 345 g/mol. The van der Waals surface area contributed by atoms with Crippen LogP contribution in [0.1, 0.15) is 46.1 Å². The molecule has 0 aromatic heterocycles. The molecule has 25 heavy (non-hydrogen) atoms. The molecule has 1 heterocycles. The Balaban J connectivity index is 1.94. The average Bonchev–Trinajstić information content (AvgIpc) is 2.60. The summed E-state index contributed by atoms with van der Waals surface area (Å²) in [5.41, 5.74) is 1.52. The number of piperidine rings is 1. The van der Waals surface area contributed by atoms with Gasteiger partial charge in [-0.2, -0.15) is 0 Å². The summed E-state index contributed by atoms with van der Waals surface area (Å²) in [6, 6.07) is 10.7. The van der Waals surface area contributed by atoms with E-state index in [-0.39, 0.29) is 5.41 Å². The van der Waals surface area contributed by atoms with E-state index in [4.69, 9.17) is 9.73 Å². The first-order valence-electron chi connectivity index (χ1n) is 9.73. The van der Waals surface area contributed by atoms with Crippen molar-refractivity contribution in [3.05, 3.63) is 35.9 Å². The van der Waals surface area contributed by atoms with Gasteiger partial charge in [-0.25, -0.2) is 0 Å². The second kappa shape index (κ2) is 9.81. The lowest BCUT2D eigenvalue weighted by Crippen LogP contribution is -2.47. The highest BCUT2D eigenvalue weighted by atomic mass is 16.5. The Labute approximate surface area is 153 Å². The van der Waals surface area contributed by atoms with E-state index in [1.807, 2.05) is 0 Å². The van der Waals surface area contributed by atoms with Crippen molar-refractivity contribution >= 4 is 5.96 Å². The van der Waals surface area contributed by atoms with Gasteiger partial charge >= 0.3 is 0 Å². The third-order valence-electron chi connectivity index (χ3n) is 4.66. The Bertz CT molecular complexity index is 519. The molecule has 4 nitrogen and oxygen atoms in total. The van der Waals surface area contributed by atoms with Gasteiger partial charge < -0.3 is 15.0 Å². The minimum absolute atomic E-state index is 0.145. The van der Waals surface area contributed by atoms with Crippen LogP contribution in [-0.2, 0) is 11.2 Å². The molecule has 2 rings (SSSR count). The second-order valence-electron chi connectivity index (χ2n) is 7.64. The molecule has 4 heteroatoms.